The van der Waals surface area contributed by atoms with Crippen LogP contribution >= 0.6 is 27.5 Å². The van der Waals surface area contributed by atoms with Crippen LogP contribution in [-0.2, 0) is 5.33 Å². The molecule has 1 nitrogen and oxygen atoms in total. The zero-order valence-electron chi connectivity index (χ0n) is 12.5. The fourth-order valence-corrected chi connectivity index (χ4v) is 3.64. The van der Waals surface area contributed by atoms with Gasteiger partial charge in [0, 0.05) is 17.9 Å². The third-order valence-corrected chi connectivity index (χ3v) is 5.14. The Morgan fingerprint density at radius 1 is 1.30 bits per heavy atom. The molecule has 0 spiro atoms. The lowest BCUT2D eigenvalue weighted by Crippen LogP contribution is -2.35. The van der Waals surface area contributed by atoms with Gasteiger partial charge in [0.25, 0.3) is 0 Å². The third kappa shape index (κ3) is 4.14. The maximum atomic E-state index is 6.53. The molecule has 0 radical (unpaired) electrons. The molecular formula is C17H25BrClN. The molecule has 112 valence electrons. The minimum absolute atomic E-state index is 0.682. The Balaban J connectivity index is 2.20. The first-order chi connectivity index (χ1) is 9.61. The number of alkyl halides is 1. The van der Waals surface area contributed by atoms with Crippen molar-refractivity contribution in [2.45, 2.75) is 57.3 Å². The Bertz CT molecular complexity index is 427. The van der Waals surface area contributed by atoms with Crippen LogP contribution in [0.1, 0.15) is 51.5 Å². The molecule has 0 atom stereocenters. The Kier molecular flexibility index (Phi) is 6.22. The van der Waals surface area contributed by atoms with E-state index in [1.807, 2.05) is 0 Å². The van der Waals surface area contributed by atoms with Gasteiger partial charge in [-0.25, -0.2) is 0 Å². The van der Waals surface area contributed by atoms with Crippen molar-refractivity contribution >= 4 is 33.2 Å². The molecule has 1 aromatic rings. The van der Waals surface area contributed by atoms with Gasteiger partial charge in [-0.15, -0.1) is 0 Å². The molecule has 1 saturated carbocycles. The topological polar surface area (TPSA) is 3.24 Å². The van der Waals surface area contributed by atoms with Crippen LogP contribution in [0.15, 0.2) is 18.2 Å². The third-order valence-electron chi connectivity index (χ3n) is 4.19. The van der Waals surface area contributed by atoms with Crippen molar-refractivity contribution in [3.63, 3.8) is 0 Å². The van der Waals surface area contributed by atoms with Crippen molar-refractivity contribution in [3.05, 3.63) is 28.8 Å². The summed E-state index contributed by atoms with van der Waals surface area (Å²) in [4.78, 5) is 2.56. The van der Waals surface area contributed by atoms with Crippen molar-refractivity contribution in [2.75, 3.05) is 11.4 Å². The molecule has 1 aliphatic rings. The summed E-state index contributed by atoms with van der Waals surface area (Å²) in [5.41, 5.74) is 2.47. The summed E-state index contributed by atoms with van der Waals surface area (Å²) >= 11 is 10.0. The SMILES string of the molecule is CC(C)CCN(c1ccc(CBr)cc1Cl)C1CCCC1. The van der Waals surface area contributed by atoms with E-state index in [0.29, 0.717) is 6.04 Å². The Morgan fingerprint density at radius 2 is 2.00 bits per heavy atom. The first-order valence-electron chi connectivity index (χ1n) is 7.73. The minimum atomic E-state index is 0.682. The maximum absolute atomic E-state index is 6.53. The van der Waals surface area contributed by atoms with Crippen LogP contribution in [0.4, 0.5) is 5.69 Å². The largest absolute Gasteiger partial charge is 0.367 e. The highest BCUT2D eigenvalue weighted by Gasteiger charge is 2.24. The molecule has 3 heteroatoms. The zero-order chi connectivity index (χ0) is 14.5. The quantitative estimate of drug-likeness (QED) is 0.561. The lowest BCUT2D eigenvalue weighted by Gasteiger charge is -2.32. The molecular weight excluding hydrogens is 334 g/mol. The summed E-state index contributed by atoms with van der Waals surface area (Å²) in [5.74, 6) is 0.736. The van der Waals surface area contributed by atoms with Crippen LogP contribution in [-0.4, -0.2) is 12.6 Å². The Labute approximate surface area is 136 Å². The second kappa shape index (κ2) is 7.70. The Hall–Kier alpha value is -0.210. The molecule has 0 heterocycles. The van der Waals surface area contributed by atoms with Gasteiger partial charge in [0.1, 0.15) is 0 Å². The highest BCUT2D eigenvalue weighted by molar-refractivity contribution is 9.08. The van der Waals surface area contributed by atoms with E-state index >= 15 is 0 Å². The van der Waals surface area contributed by atoms with Gasteiger partial charge in [0.15, 0.2) is 0 Å². The molecule has 0 bridgehead atoms. The highest BCUT2D eigenvalue weighted by Crippen LogP contribution is 2.34. The number of halogens is 2. The second-order valence-corrected chi connectivity index (χ2v) is 7.20. The van der Waals surface area contributed by atoms with E-state index in [1.165, 1.54) is 43.4 Å². The highest BCUT2D eigenvalue weighted by atomic mass is 79.9. The molecule has 0 aliphatic heterocycles. The monoisotopic (exact) mass is 357 g/mol. The lowest BCUT2D eigenvalue weighted by molar-refractivity contribution is 0.528. The number of hydrogen-bond donors (Lipinski definition) is 0. The number of hydrogen-bond acceptors (Lipinski definition) is 1. The van der Waals surface area contributed by atoms with Crippen molar-refractivity contribution in [3.8, 4) is 0 Å². The van der Waals surface area contributed by atoms with Gasteiger partial charge in [-0.05, 0) is 42.9 Å². The van der Waals surface area contributed by atoms with E-state index in [2.05, 4.69) is 52.9 Å². The summed E-state index contributed by atoms with van der Waals surface area (Å²) in [6.07, 6.45) is 6.58. The van der Waals surface area contributed by atoms with Crippen molar-refractivity contribution in [1.82, 2.24) is 0 Å². The predicted octanol–water partition coefficient (Wildman–Crippen LogP) is 6.03. The first kappa shape index (κ1) is 16.2. The van der Waals surface area contributed by atoms with Gasteiger partial charge in [-0.1, -0.05) is 60.3 Å². The summed E-state index contributed by atoms with van der Waals surface area (Å²) in [5, 5.41) is 1.76. The molecule has 1 aliphatic carbocycles. The lowest BCUT2D eigenvalue weighted by atomic mass is 10.1. The van der Waals surface area contributed by atoms with Crippen molar-refractivity contribution in [2.24, 2.45) is 5.92 Å². The maximum Gasteiger partial charge on any atom is 0.0642 e. The number of anilines is 1. The Morgan fingerprint density at radius 3 is 2.55 bits per heavy atom. The summed E-state index contributed by atoms with van der Waals surface area (Å²) < 4.78 is 0. The summed E-state index contributed by atoms with van der Waals surface area (Å²) in [7, 11) is 0. The molecule has 2 rings (SSSR count). The minimum Gasteiger partial charge on any atom is -0.367 e. The average molecular weight is 359 g/mol. The molecule has 0 N–H and O–H groups in total. The standard InChI is InChI=1S/C17H25BrClN/c1-13(2)9-10-20(15-5-3-4-6-15)17-8-7-14(12-18)11-16(17)19/h7-8,11,13,15H,3-6,9-10,12H2,1-2H3. The predicted molar refractivity (Wildman–Crippen MR) is 93.1 cm³/mol. The smallest absolute Gasteiger partial charge is 0.0642 e. The van der Waals surface area contributed by atoms with Crippen LogP contribution in [0.3, 0.4) is 0 Å². The van der Waals surface area contributed by atoms with E-state index in [1.54, 1.807) is 0 Å². The molecule has 0 saturated heterocycles. The zero-order valence-corrected chi connectivity index (χ0v) is 14.9. The number of benzene rings is 1. The van der Waals surface area contributed by atoms with Crippen LogP contribution in [0.2, 0.25) is 5.02 Å². The number of rotatable bonds is 6. The summed E-state index contributed by atoms with van der Waals surface area (Å²) in [6.45, 7) is 5.71. The van der Waals surface area contributed by atoms with Gasteiger partial charge in [0.05, 0.1) is 10.7 Å². The van der Waals surface area contributed by atoms with Crippen LogP contribution in [0.5, 0.6) is 0 Å². The van der Waals surface area contributed by atoms with Crippen molar-refractivity contribution < 1.29 is 0 Å². The first-order valence-corrected chi connectivity index (χ1v) is 9.22. The van der Waals surface area contributed by atoms with Gasteiger partial charge in [-0.2, -0.15) is 0 Å². The summed E-state index contributed by atoms with van der Waals surface area (Å²) in [6, 6.07) is 7.18. The van der Waals surface area contributed by atoms with Crippen LogP contribution < -0.4 is 4.90 Å². The molecule has 0 aromatic heterocycles. The van der Waals surface area contributed by atoms with Gasteiger partial charge in [0.2, 0.25) is 0 Å². The molecule has 20 heavy (non-hydrogen) atoms. The van der Waals surface area contributed by atoms with Gasteiger partial charge in [-0.3, -0.25) is 0 Å². The molecule has 1 aromatic carbocycles. The van der Waals surface area contributed by atoms with Crippen molar-refractivity contribution in [1.29, 1.82) is 0 Å². The molecule has 0 amide bonds. The molecule has 0 unspecified atom stereocenters. The second-order valence-electron chi connectivity index (χ2n) is 6.23. The van der Waals surface area contributed by atoms with E-state index < -0.39 is 0 Å². The van der Waals surface area contributed by atoms with E-state index in [9.17, 15) is 0 Å². The normalized spacial score (nSPS) is 16.1. The van der Waals surface area contributed by atoms with E-state index in [-0.39, 0.29) is 0 Å². The van der Waals surface area contributed by atoms with Gasteiger partial charge < -0.3 is 4.90 Å². The van der Waals surface area contributed by atoms with Crippen LogP contribution in [0.25, 0.3) is 0 Å². The van der Waals surface area contributed by atoms with E-state index in [0.717, 1.165) is 22.8 Å². The fourth-order valence-electron chi connectivity index (χ4n) is 2.98. The van der Waals surface area contributed by atoms with Crippen LogP contribution in [0, 0.1) is 5.92 Å². The number of nitrogens with zero attached hydrogens (tertiary/aromatic N) is 1. The fraction of sp³-hybridized carbons (Fsp3) is 0.647. The van der Waals surface area contributed by atoms with Gasteiger partial charge >= 0.3 is 0 Å². The molecule has 1 fully saturated rings. The van der Waals surface area contributed by atoms with E-state index in [4.69, 9.17) is 11.6 Å². The average Bonchev–Trinajstić information content (AvgIpc) is 2.94.